The van der Waals surface area contributed by atoms with E-state index in [-0.39, 0.29) is 18.1 Å². The molecule has 2 fully saturated rings. The van der Waals surface area contributed by atoms with E-state index in [2.05, 4.69) is 5.32 Å². The normalized spacial score (nSPS) is 32.9. The molecule has 5 nitrogen and oxygen atoms in total. The lowest BCUT2D eigenvalue weighted by Crippen LogP contribution is -2.39. The van der Waals surface area contributed by atoms with Crippen LogP contribution in [0.5, 0.6) is 0 Å². The third kappa shape index (κ3) is 2.93. The molecule has 0 spiro atoms. The van der Waals surface area contributed by atoms with Crippen molar-refractivity contribution in [3.63, 3.8) is 0 Å². The monoisotopic (exact) mass is 229 g/mol. The van der Waals surface area contributed by atoms with Gasteiger partial charge in [0.1, 0.15) is 12.2 Å². The molecule has 2 saturated heterocycles. The second-order valence-electron chi connectivity index (χ2n) is 4.70. The van der Waals surface area contributed by atoms with Crippen LogP contribution < -0.4 is 5.32 Å². The van der Waals surface area contributed by atoms with E-state index in [0.717, 1.165) is 12.8 Å². The number of hydrogen-bond donors (Lipinski definition) is 1. The van der Waals surface area contributed by atoms with Gasteiger partial charge in [-0.25, -0.2) is 0 Å². The summed E-state index contributed by atoms with van der Waals surface area (Å²) in [5.41, 5.74) is 0. The number of hydrogen-bond acceptors (Lipinski definition) is 4. The van der Waals surface area contributed by atoms with Gasteiger partial charge in [0.15, 0.2) is 5.79 Å². The summed E-state index contributed by atoms with van der Waals surface area (Å²) in [6.45, 7) is 5.44. The first-order valence-electron chi connectivity index (χ1n) is 5.78. The van der Waals surface area contributed by atoms with Crippen molar-refractivity contribution in [2.24, 2.45) is 0 Å². The van der Waals surface area contributed by atoms with E-state index < -0.39 is 5.79 Å². The Labute approximate surface area is 95.4 Å². The molecule has 0 aromatic carbocycles. The predicted molar refractivity (Wildman–Crippen MR) is 56.9 cm³/mol. The van der Waals surface area contributed by atoms with E-state index in [1.54, 1.807) is 0 Å². The Morgan fingerprint density at radius 1 is 1.50 bits per heavy atom. The molecule has 0 aliphatic carbocycles. The molecule has 2 aliphatic rings. The van der Waals surface area contributed by atoms with Crippen LogP contribution in [0, 0.1) is 0 Å². The van der Waals surface area contributed by atoms with Crippen molar-refractivity contribution in [1.82, 2.24) is 5.32 Å². The van der Waals surface area contributed by atoms with Crippen molar-refractivity contribution in [2.75, 3.05) is 19.8 Å². The Morgan fingerprint density at radius 3 is 2.88 bits per heavy atom. The highest BCUT2D eigenvalue weighted by Crippen LogP contribution is 2.21. The molecule has 0 aromatic heterocycles. The maximum atomic E-state index is 11.6. The molecule has 0 radical (unpaired) electrons. The lowest BCUT2D eigenvalue weighted by Gasteiger charge is -2.17. The fraction of sp³-hybridized carbons (Fsp3) is 0.909. The third-order valence-electron chi connectivity index (χ3n) is 2.79. The van der Waals surface area contributed by atoms with E-state index in [4.69, 9.17) is 14.2 Å². The standard InChI is InChI=1S/C11H19NO4/c1-11(2)15-7-8(16-11)6-12-10(13)9-4-3-5-14-9/h8-9H,3-7H2,1-2H3,(H,12,13). The second kappa shape index (κ2) is 4.69. The van der Waals surface area contributed by atoms with E-state index in [1.807, 2.05) is 13.8 Å². The molecule has 0 bridgehead atoms. The maximum absolute atomic E-state index is 11.6. The summed E-state index contributed by atoms with van der Waals surface area (Å²) in [7, 11) is 0. The number of rotatable bonds is 3. The molecule has 5 heteroatoms. The van der Waals surface area contributed by atoms with Crippen molar-refractivity contribution < 1.29 is 19.0 Å². The lowest BCUT2D eigenvalue weighted by molar-refractivity contribution is -0.141. The van der Waals surface area contributed by atoms with Gasteiger partial charge in [-0.3, -0.25) is 4.79 Å². The Balaban J connectivity index is 1.69. The van der Waals surface area contributed by atoms with Crippen LogP contribution in [-0.2, 0) is 19.0 Å². The van der Waals surface area contributed by atoms with E-state index in [9.17, 15) is 4.79 Å². The van der Waals surface area contributed by atoms with E-state index >= 15 is 0 Å². The molecular weight excluding hydrogens is 210 g/mol. The van der Waals surface area contributed by atoms with Crippen LogP contribution in [0.15, 0.2) is 0 Å². The van der Waals surface area contributed by atoms with Crippen LogP contribution in [-0.4, -0.2) is 43.7 Å². The van der Waals surface area contributed by atoms with Crippen LogP contribution in [0.4, 0.5) is 0 Å². The number of carbonyl (C=O) groups excluding carboxylic acids is 1. The number of amides is 1. The Kier molecular flexibility index (Phi) is 3.47. The fourth-order valence-corrected chi connectivity index (χ4v) is 1.98. The summed E-state index contributed by atoms with van der Waals surface area (Å²) < 4.78 is 16.3. The van der Waals surface area contributed by atoms with Gasteiger partial charge in [-0.2, -0.15) is 0 Å². The number of carbonyl (C=O) groups is 1. The molecule has 2 rings (SSSR count). The Morgan fingerprint density at radius 2 is 2.31 bits per heavy atom. The minimum atomic E-state index is -0.529. The SMILES string of the molecule is CC1(C)OCC(CNC(=O)C2CCCO2)O1. The number of nitrogens with one attached hydrogen (secondary N) is 1. The topological polar surface area (TPSA) is 56.8 Å². The Bertz CT molecular complexity index is 261. The zero-order valence-corrected chi connectivity index (χ0v) is 9.82. The third-order valence-corrected chi connectivity index (χ3v) is 2.79. The summed E-state index contributed by atoms with van der Waals surface area (Å²) in [6, 6.07) is 0. The molecule has 1 N–H and O–H groups in total. The molecule has 16 heavy (non-hydrogen) atoms. The summed E-state index contributed by atoms with van der Waals surface area (Å²) in [5.74, 6) is -0.565. The molecular formula is C11H19NO4. The summed E-state index contributed by atoms with van der Waals surface area (Å²) in [4.78, 5) is 11.6. The predicted octanol–water partition coefficient (Wildman–Crippen LogP) is 0.433. The maximum Gasteiger partial charge on any atom is 0.249 e. The molecule has 0 saturated carbocycles. The van der Waals surface area contributed by atoms with Crippen LogP contribution >= 0.6 is 0 Å². The molecule has 2 unspecified atom stereocenters. The van der Waals surface area contributed by atoms with Gasteiger partial charge in [0, 0.05) is 13.2 Å². The van der Waals surface area contributed by atoms with Crippen LogP contribution in [0.1, 0.15) is 26.7 Å². The van der Waals surface area contributed by atoms with Gasteiger partial charge in [-0.1, -0.05) is 0 Å². The highest BCUT2D eigenvalue weighted by atomic mass is 16.7. The van der Waals surface area contributed by atoms with E-state index in [1.165, 1.54) is 0 Å². The average Bonchev–Trinajstić information content (AvgIpc) is 2.83. The second-order valence-corrected chi connectivity index (χ2v) is 4.70. The molecule has 2 aliphatic heterocycles. The van der Waals surface area contributed by atoms with Crippen molar-refractivity contribution in [1.29, 1.82) is 0 Å². The molecule has 2 atom stereocenters. The van der Waals surface area contributed by atoms with Crippen LogP contribution in [0.2, 0.25) is 0 Å². The van der Waals surface area contributed by atoms with Crippen molar-refractivity contribution >= 4 is 5.91 Å². The quantitative estimate of drug-likeness (QED) is 0.762. The largest absolute Gasteiger partial charge is 0.368 e. The highest BCUT2D eigenvalue weighted by molar-refractivity contribution is 5.80. The highest BCUT2D eigenvalue weighted by Gasteiger charge is 2.33. The summed E-state index contributed by atoms with van der Waals surface area (Å²) in [6.07, 6.45) is 1.46. The van der Waals surface area contributed by atoms with Gasteiger partial charge in [-0.05, 0) is 26.7 Å². The van der Waals surface area contributed by atoms with Crippen molar-refractivity contribution in [3.05, 3.63) is 0 Å². The molecule has 92 valence electrons. The first-order chi connectivity index (χ1) is 7.57. The van der Waals surface area contributed by atoms with Gasteiger partial charge < -0.3 is 19.5 Å². The lowest BCUT2D eigenvalue weighted by atomic mass is 10.2. The molecule has 2 heterocycles. The van der Waals surface area contributed by atoms with Gasteiger partial charge in [-0.15, -0.1) is 0 Å². The molecule has 1 amide bonds. The van der Waals surface area contributed by atoms with Gasteiger partial charge in [0.25, 0.3) is 0 Å². The van der Waals surface area contributed by atoms with Crippen molar-refractivity contribution in [3.8, 4) is 0 Å². The van der Waals surface area contributed by atoms with Gasteiger partial charge >= 0.3 is 0 Å². The zero-order valence-electron chi connectivity index (χ0n) is 9.82. The van der Waals surface area contributed by atoms with Crippen LogP contribution in [0.3, 0.4) is 0 Å². The van der Waals surface area contributed by atoms with Gasteiger partial charge in [0.2, 0.25) is 5.91 Å². The summed E-state index contributed by atoms with van der Waals surface area (Å²) in [5, 5.41) is 2.84. The van der Waals surface area contributed by atoms with E-state index in [0.29, 0.717) is 19.8 Å². The fourth-order valence-electron chi connectivity index (χ4n) is 1.98. The average molecular weight is 229 g/mol. The smallest absolute Gasteiger partial charge is 0.249 e. The zero-order chi connectivity index (χ0) is 11.6. The number of ether oxygens (including phenoxy) is 3. The first kappa shape index (κ1) is 11.8. The minimum absolute atomic E-state index is 0.0363. The molecule has 0 aromatic rings. The minimum Gasteiger partial charge on any atom is -0.368 e. The van der Waals surface area contributed by atoms with Gasteiger partial charge in [0.05, 0.1) is 6.61 Å². The summed E-state index contributed by atoms with van der Waals surface area (Å²) >= 11 is 0. The van der Waals surface area contributed by atoms with Crippen LogP contribution in [0.25, 0.3) is 0 Å². The Hall–Kier alpha value is -0.650. The van der Waals surface area contributed by atoms with Crippen molar-refractivity contribution in [2.45, 2.75) is 44.7 Å². The first-order valence-corrected chi connectivity index (χ1v) is 5.78.